The lowest BCUT2D eigenvalue weighted by atomic mass is 9.99. The molecule has 1 heterocycles. The van der Waals surface area contributed by atoms with Crippen LogP contribution in [0, 0.1) is 5.92 Å². The van der Waals surface area contributed by atoms with Crippen molar-refractivity contribution in [2.24, 2.45) is 5.92 Å². The fraction of sp³-hybridized carbons (Fsp3) is 0.632. The fourth-order valence-electron chi connectivity index (χ4n) is 3.30. The van der Waals surface area contributed by atoms with Gasteiger partial charge < -0.3 is 10.6 Å². The van der Waals surface area contributed by atoms with Crippen LogP contribution in [-0.2, 0) is 22.1 Å². The van der Waals surface area contributed by atoms with Crippen LogP contribution in [0.1, 0.15) is 37.8 Å². The SMILES string of the molecule is C[C@@H]1CCCN([C@@H](C)CNC(=O)NCc2ccc(CS(C)(=O)=O)cc2)C1. The van der Waals surface area contributed by atoms with Crippen molar-refractivity contribution in [2.75, 3.05) is 25.9 Å². The number of benzene rings is 1. The molecule has 2 rings (SSSR count). The van der Waals surface area contributed by atoms with E-state index in [1.165, 1.54) is 19.1 Å². The lowest BCUT2D eigenvalue weighted by molar-refractivity contribution is 0.137. The molecule has 0 aromatic heterocycles. The number of urea groups is 1. The van der Waals surface area contributed by atoms with E-state index in [0.29, 0.717) is 19.1 Å². The molecule has 0 unspecified atom stereocenters. The summed E-state index contributed by atoms with van der Waals surface area (Å²) in [6.07, 6.45) is 3.74. The summed E-state index contributed by atoms with van der Waals surface area (Å²) in [5.74, 6) is 0.763. The van der Waals surface area contributed by atoms with E-state index in [-0.39, 0.29) is 11.8 Å². The highest BCUT2D eigenvalue weighted by Crippen LogP contribution is 2.17. The molecule has 1 aliphatic rings. The number of hydrogen-bond donors (Lipinski definition) is 2. The van der Waals surface area contributed by atoms with Gasteiger partial charge in [-0.15, -0.1) is 0 Å². The van der Waals surface area contributed by atoms with Crippen molar-refractivity contribution in [2.45, 2.75) is 45.0 Å². The molecule has 7 heteroatoms. The van der Waals surface area contributed by atoms with Crippen LogP contribution in [0.5, 0.6) is 0 Å². The third-order valence-corrected chi connectivity index (χ3v) is 5.63. The lowest BCUT2D eigenvalue weighted by Gasteiger charge is -2.35. The number of piperidine rings is 1. The second-order valence-electron chi connectivity index (χ2n) is 7.54. The summed E-state index contributed by atoms with van der Waals surface area (Å²) in [5, 5.41) is 5.78. The smallest absolute Gasteiger partial charge is 0.315 e. The molecule has 1 aromatic carbocycles. The minimum absolute atomic E-state index is 0.0359. The number of carbonyl (C=O) groups is 1. The maximum Gasteiger partial charge on any atom is 0.315 e. The average Bonchev–Trinajstić information content (AvgIpc) is 2.57. The minimum atomic E-state index is -3.03. The van der Waals surface area contributed by atoms with Crippen molar-refractivity contribution in [3.63, 3.8) is 0 Å². The second kappa shape index (κ2) is 9.37. The predicted molar refractivity (Wildman–Crippen MR) is 105 cm³/mol. The maximum atomic E-state index is 12.0. The van der Waals surface area contributed by atoms with E-state index in [1.807, 2.05) is 12.1 Å². The first kappa shape index (κ1) is 20.7. The number of carbonyl (C=O) groups excluding carboxylic acids is 1. The van der Waals surface area contributed by atoms with Crippen LogP contribution in [0.25, 0.3) is 0 Å². The average molecular weight is 382 g/mol. The monoisotopic (exact) mass is 381 g/mol. The van der Waals surface area contributed by atoms with Gasteiger partial charge in [0.25, 0.3) is 0 Å². The third-order valence-electron chi connectivity index (χ3n) is 4.77. The Kier molecular flexibility index (Phi) is 7.46. The summed E-state index contributed by atoms with van der Waals surface area (Å²) in [4.78, 5) is 14.4. The summed E-state index contributed by atoms with van der Waals surface area (Å²) in [5.41, 5.74) is 1.69. The molecule has 0 saturated carbocycles. The number of rotatable bonds is 7. The molecule has 1 saturated heterocycles. The highest BCUT2D eigenvalue weighted by molar-refractivity contribution is 7.89. The van der Waals surface area contributed by atoms with E-state index >= 15 is 0 Å². The molecule has 2 amide bonds. The number of nitrogens with zero attached hydrogens (tertiary/aromatic N) is 1. The Labute approximate surface area is 157 Å². The Morgan fingerprint density at radius 1 is 1.23 bits per heavy atom. The van der Waals surface area contributed by atoms with Gasteiger partial charge >= 0.3 is 6.03 Å². The van der Waals surface area contributed by atoms with Crippen molar-refractivity contribution >= 4 is 15.9 Å². The molecule has 1 aromatic rings. The molecule has 146 valence electrons. The van der Waals surface area contributed by atoms with Crippen molar-refractivity contribution in [1.82, 2.24) is 15.5 Å². The van der Waals surface area contributed by atoms with Gasteiger partial charge in [0.1, 0.15) is 0 Å². The molecule has 1 aliphatic heterocycles. The zero-order valence-electron chi connectivity index (χ0n) is 16.0. The van der Waals surface area contributed by atoms with Gasteiger partial charge in [-0.25, -0.2) is 13.2 Å². The maximum absolute atomic E-state index is 12.0. The highest BCUT2D eigenvalue weighted by atomic mass is 32.2. The Hall–Kier alpha value is -1.60. The number of likely N-dealkylation sites (tertiary alicyclic amines) is 1. The molecular weight excluding hydrogens is 350 g/mol. The first-order valence-corrected chi connectivity index (χ1v) is 11.3. The number of hydrogen-bond acceptors (Lipinski definition) is 4. The Morgan fingerprint density at radius 2 is 1.88 bits per heavy atom. The van der Waals surface area contributed by atoms with E-state index in [4.69, 9.17) is 0 Å². The second-order valence-corrected chi connectivity index (χ2v) is 9.68. The van der Waals surface area contributed by atoms with Crippen LogP contribution in [0.2, 0.25) is 0 Å². The zero-order valence-corrected chi connectivity index (χ0v) is 16.8. The van der Waals surface area contributed by atoms with Crippen molar-refractivity contribution in [1.29, 1.82) is 0 Å². The molecule has 6 nitrogen and oxygen atoms in total. The van der Waals surface area contributed by atoms with Crippen molar-refractivity contribution in [3.05, 3.63) is 35.4 Å². The van der Waals surface area contributed by atoms with Crippen LogP contribution in [0.4, 0.5) is 4.79 Å². The summed E-state index contributed by atoms with van der Waals surface area (Å²) < 4.78 is 22.6. The standard InChI is InChI=1S/C19H31N3O3S/c1-15-5-4-10-22(13-15)16(2)11-20-19(23)21-12-17-6-8-18(9-7-17)14-26(3,24)25/h6-9,15-16H,4-5,10-14H2,1-3H3,(H2,20,21,23)/t15-,16+/m1/s1. The number of sulfone groups is 1. The molecule has 0 aliphatic carbocycles. The first-order chi connectivity index (χ1) is 12.2. The van der Waals surface area contributed by atoms with Crippen molar-refractivity contribution in [3.8, 4) is 0 Å². The fourth-order valence-corrected chi connectivity index (χ4v) is 4.09. The van der Waals surface area contributed by atoms with Crippen LogP contribution < -0.4 is 10.6 Å². The molecule has 26 heavy (non-hydrogen) atoms. The molecule has 2 atom stereocenters. The van der Waals surface area contributed by atoms with E-state index in [2.05, 4.69) is 29.4 Å². The molecule has 0 radical (unpaired) electrons. The van der Waals surface area contributed by atoms with Crippen LogP contribution in [0.15, 0.2) is 24.3 Å². The van der Waals surface area contributed by atoms with Gasteiger partial charge in [0.05, 0.1) is 5.75 Å². The minimum Gasteiger partial charge on any atom is -0.337 e. The van der Waals surface area contributed by atoms with Gasteiger partial charge in [-0.3, -0.25) is 4.90 Å². The Balaban J connectivity index is 1.71. The highest BCUT2D eigenvalue weighted by Gasteiger charge is 2.21. The van der Waals surface area contributed by atoms with Gasteiger partial charge in [0.15, 0.2) is 9.84 Å². The van der Waals surface area contributed by atoms with E-state index in [1.54, 1.807) is 12.1 Å². The zero-order chi connectivity index (χ0) is 19.2. The molecular formula is C19H31N3O3S. The summed E-state index contributed by atoms with van der Waals surface area (Å²) in [6.45, 7) is 7.68. The Morgan fingerprint density at radius 3 is 2.50 bits per heavy atom. The topological polar surface area (TPSA) is 78.5 Å². The summed E-state index contributed by atoms with van der Waals surface area (Å²) >= 11 is 0. The molecule has 0 bridgehead atoms. The van der Waals surface area contributed by atoms with Crippen LogP contribution >= 0.6 is 0 Å². The van der Waals surface area contributed by atoms with Gasteiger partial charge in [-0.2, -0.15) is 0 Å². The summed E-state index contributed by atoms with van der Waals surface area (Å²) in [6, 6.07) is 7.42. The van der Waals surface area contributed by atoms with Gasteiger partial charge in [-0.05, 0) is 43.4 Å². The normalized spacial score (nSPS) is 19.7. The third kappa shape index (κ3) is 7.33. The van der Waals surface area contributed by atoms with Crippen LogP contribution in [-0.4, -0.2) is 51.3 Å². The largest absolute Gasteiger partial charge is 0.337 e. The van der Waals surface area contributed by atoms with Crippen molar-refractivity contribution < 1.29 is 13.2 Å². The quantitative estimate of drug-likeness (QED) is 0.759. The van der Waals surface area contributed by atoms with Crippen LogP contribution in [0.3, 0.4) is 0 Å². The molecule has 2 N–H and O–H groups in total. The predicted octanol–water partition coefficient (Wildman–Crippen LogP) is 2.15. The van der Waals surface area contributed by atoms with E-state index in [0.717, 1.165) is 30.1 Å². The Bertz CT molecular complexity index is 688. The lowest BCUT2D eigenvalue weighted by Crippen LogP contribution is -2.48. The van der Waals surface area contributed by atoms with Gasteiger partial charge in [-0.1, -0.05) is 31.2 Å². The molecule has 0 spiro atoms. The van der Waals surface area contributed by atoms with Gasteiger partial charge in [0, 0.05) is 31.9 Å². The van der Waals surface area contributed by atoms with Gasteiger partial charge in [0.2, 0.25) is 0 Å². The number of nitrogens with one attached hydrogen (secondary N) is 2. The number of amides is 2. The first-order valence-electron chi connectivity index (χ1n) is 9.24. The summed E-state index contributed by atoms with van der Waals surface area (Å²) in [7, 11) is -3.03. The van der Waals surface area contributed by atoms with E-state index < -0.39 is 9.84 Å². The molecule has 1 fully saturated rings. The van der Waals surface area contributed by atoms with E-state index in [9.17, 15) is 13.2 Å².